The van der Waals surface area contributed by atoms with Crippen molar-refractivity contribution in [2.24, 2.45) is 5.41 Å². The first kappa shape index (κ1) is 16.0. The fourth-order valence-electron chi connectivity index (χ4n) is 2.83. The fourth-order valence-corrected chi connectivity index (χ4v) is 2.83. The lowest BCUT2D eigenvalue weighted by atomic mass is 9.86. The lowest BCUT2D eigenvalue weighted by Gasteiger charge is -2.33. The second kappa shape index (κ2) is 7.04. The fraction of sp³-hybridized carbons (Fsp3) is 0.526. The molecule has 1 aromatic carbocycles. The molecule has 0 N–H and O–H groups in total. The van der Waals surface area contributed by atoms with Gasteiger partial charge in [0.15, 0.2) is 5.78 Å². The number of carbonyl (C=O) groups excluding carboxylic acids is 1. The number of nitrogens with zero attached hydrogens (tertiary/aromatic N) is 1. The summed E-state index contributed by atoms with van der Waals surface area (Å²) < 4.78 is 0. The Labute approximate surface area is 128 Å². The summed E-state index contributed by atoms with van der Waals surface area (Å²) in [6, 6.07) is 8.25. The van der Waals surface area contributed by atoms with Gasteiger partial charge in [-0.1, -0.05) is 56.2 Å². The second-order valence-corrected chi connectivity index (χ2v) is 6.83. The van der Waals surface area contributed by atoms with Crippen LogP contribution in [0.1, 0.15) is 44.2 Å². The molecule has 1 heterocycles. The normalized spacial score (nSPS) is 17.3. The van der Waals surface area contributed by atoms with Crippen molar-refractivity contribution in [1.82, 2.24) is 4.90 Å². The van der Waals surface area contributed by atoms with Gasteiger partial charge in [0.1, 0.15) is 0 Å². The van der Waals surface area contributed by atoms with Crippen LogP contribution in [0, 0.1) is 12.3 Å². The van der Waals surface area contributed by atoms with Crippen LogP contribution in [0.3, 0.4) is 0 Å². The zero-order valence-corrected chi connectivity index (χ0v) is 13.6. The van der Waals surface area contributed by atoms with Gasteiger partial charge in [0.2, 0.25) is 0 Å². The molecule has 2 heteroatoms. The molecule has 1 aromatic rings. The van der Waals surface area contributed by atoms with Crippen LogP contribution in [0.4, 0.5) is 0 Å². The van der Waals surface area contributed by atoms with Gasteiger partial charge in [0.05, 0.1) is 0 Å². The van der Waals surface area contributed by atoms with Gasteiger partial charge in [-0.15, -0.1) is 0 Å². The number of hydrogen-bond acceptors (Lipinski definition) is 2. The summed E-state index contributed by atoms with van der Waals surface area (Å²) in [5.74, 6) is 0.216. The number of rotatable bonds is 5. The highest BCUT2D eigenvalue weighted by Gasteiger charge is 2.28. The molecule has 1 fully saturated rings. The SMILES string of the molecule is Cc1ccc(/C=C/C(=O)C(C)(C)CN2CCCCC2)cc1. The highest BCUT2D eigenvalue weighted by molar-refractivity contribution is 5.97. The van der Waals surface area contributed by atoms with Gasteiger partial charge >= 0.3 is 0 Å². The molecule has 2 nitrogen and oxygen atoms in total. The molecule has 0 radical (unpaired) electrons. The quantitative estimate of drug-likeness (QED) is 0.759. The number of allylic oxidation sites excluding steroid dienone is 1. The van der Waals surface area contributed by atoms with Crippen LogP contribution < -0.4 is 0 Å². The Bertz CT molecular complexity index is 493. The van der Waals surface area contributed by atoms with Crippen LogP contribution in [0.5, 0.6) is 0 Å². The van der Waals surface area contributed by atoms with E-state index in [-0.39, 0.29) is 11.2 Å². The molecule has 0 unspecified atom stereocenters. The van der Waals surface area contributed by atoms with Crippen LogP contribution in [-0.2, 0) is 4.79 Å². The predicted octanol–water partition coefficient (Wildman–Crippen LogP) is 4.09. The summed E-state index contributed by atoms with van der Waals surface area (Å²) in [6.45, 7) is 9.33. The Hall–Kier alpha value is -1.41. The van der Waals surface area contributed by atoms with Gasteiger partial charge < -0.3 is 4.90 Å². The van der Waals surface area contributed by atoms with Gasteiger partial charge in [-0.25, -0.2) is 0 Å². The zero-order valence-electron chi connectivity index (χ0n) is 13.6. The van der Waals surface area contributed by atoms with Gasteiger partial charge in [0.25, 0.3) is 0 Å². The molecule has 1 aliphatic rings. The lowest BCUT2D eigenvalue weighted by Crippen LogP contribution is -2.41. The standard InChI is InChI=1S/C19H27NO/c1-16-7-9-17(10-8-16)11-12-18(21)19(2,3)15-20-13-5-4-6-14-20/h7-12H,4-6,13-15H2,1-3H3/b12-11+. The number of benzene rings is 1. The van der Waals surface area contributed by atoms with Crippen LogP contribution >= 0.6 is 0 Å². The molecule has 1 saturated heterocycles. The molecular formula is C19H27NO. The largest absolute Gasteiger partial charge is 0.302 e. The van der Waals surface area contributed by atoms with Crippen LogP contribution in [0.2, 0.25) is 0 Å². The highest BCUT2D eigenvalue weighted by Crippen LogP contribution is 2.22. The van der Waals surface area contributed by atoms with E-state index in [4.69, 9.17) is 0 Å². The number of ketones is 1. The molecule has 0 bridgehead atoms. The van der Waals surface area contributed by atoms with Gasteiger partial charge in [0, 0.05) is 12.0 Å². The minimum atomic E-state index is -0.307. The average molecular weight is 285 g/mol. The Morgan fingerprint density at radius 1 is 1.14 bits per heavy atom. The van der Waals surface area contributed by atoms with E-state index in [0.717, 1.165) is 25.2 Å². The first-order valence-corrected chi connectivity index (χ1v) is 7.99. The summed E-state index contributed by atoms with van der Waals surface area (Å²) in [5.41, 5.74) is 2.02. The molecule has 21 heavy (non-hydrogen) atoms. The van der Waals surface area contributed by atoms with E-state index in [2.05, 4.69) is 49.9 Å². The molecular weight excluding hydrogens is 258 g/mol. The van der Waals surface area contributed by atoms with Crippen molar-refractivity contribution in [2.75, 3.05) is 19.6 Å². The van der Waals surface area contributed by atoms with Crippen molar-refractivity contribution in [2.45, 2.75) is 40.0 Å². The molecule has 1 aliphatic heterocycles. The highest BCUT2D eigenvalue weighted by atomic mass is 16.1. The predicted molar refractivity (Wildman–Crippen MR) is 89.3 cm³/mol. The van der Waals surface area contributed by atoms with Gasteiger partial charge in [-0.3, -0.25) is 4.79 Å². The van der Waals surface area contributed by atoms with Crippen molar-refractivity contribution >= 4 is 11.9 Å². The number of hydrogen-bond donors (Lipinski definition) is 0. The van der Waals surface area contributed by atoms with E-state index in [1.54, 1.807) is 6.08 Å². The molecule has 0 atom stereocenters. The monoisotopic (exact) mass is 285 g/mol. The summed E-state index contributed by atoms with van der Waals surface area (Å²) in [5, 5.41) is 0. The van der Waals surface area contributed by atoms with E-state index in [0.29, 0.717) is 0 Å². The number of piperidine rings is 1. The smallest absolute Gasteiger partial charge is 0.162 e. The van der Waals surface area contributed by atoms with E-state index >= 15 is 0 Å². The summed E-state index contributed by atoms with van der Waals surface area (Å²) >= 11 is 0. The maximum Gasteiger partial charge on any atom is 0.162 e. The molecule has 0 amide bonds. The average Bonchev–Trinajstić information content (AvgIpc) is 2.47. The lowest BCUT2D eigenvalue weighted by molar-refractivity contribution is -0.123. The summed E-state index contributed by atoms with van der Waals surface area (Å²) in [7, 11) is 0. The van der Waals surface area contributed by atoms with E-state index in [1.165, 1.54) is 24.8 Å². The van der Waals surface area contributed by atoms with Crippen molar-refractivity contribution in [3.05, 3.63) is 41.5 Å². The maximum atomic E-state index is 12.5. The Kier molecular flexibility index (Phi) is 5.35. The number of carbonyl (C=O) groups is 1. The molecule has 0 saturated carbocycles. The van der Waals surface area contributed by atoms with E-state index in [1.807, 2.05) is 6.08 Å². The van der Waals surface area contributed by atoms with E-state index in [9.17, 15) is 4.79 Å². The summed E-state index contributed by atoms with van der Waals surface area (Å²) in [4.78, 5) is 14.9. The first-order valence-electron chi connectivity index (χ1n) is 7.99. The van der Waals surface area contributed by atoms with Crippen LogP contribution in [-0.4, -0.2) is 30.3 Å². The Morgan fingerprint density at radius 2 is 1.76 bits per heavy atom. The van der Waals surface area contributed by atoms with Crippen molar-refractivity contribution in [3.63, 3.8) is 0 Å². The van der Waals surface area contributed by atoms with Crippen molar-refractivity contribution in [1.29, 1.82) is 0 Å². The summed E-state index contributed by atoms with van der Waals surface area (Å²) in [6.07, 6.45) is 7.54. The maximum absolute atomic E-state index is 12.5. The number of likely N-dealkylation sites (tertiary alicyclic amines) is 1. The Morgan fingerprint density at radius 3 is 2.38 bits per heavy atom. The van der Waals surface area contributed by atoms with E-state index < -0.39 is 0 Å². The minimum absolute atomic E-state index is 0.216. The number of aryl methyl sites for hydroxylation is 1. The molecule has 0 aromatic heterocycles. The zero-order chi connectivity index (χ0) is 15.3. The van der Waals surface area contributed by atoms with Crippen molar-refractivity contribution < 1.29 is 4.79 Å². The van der Waals surface area contributed by atoms with Crippen LogP contribution in [0.15, 0.2) is 30.3 Å². The minimum Gasteiger partial charge on any atom is -0.302 e. The van der Waals surface area contributed by atoms with Crippen molar-refractivity contribution in [3.8, 4) is 0 Å². The topological polar surface area (TPSA) is 20.3 Å². The third kappa shape index (κ3) is 4.82. The Balaban J connectivity index is 1.95. The second-order valence-electron chi connectivity index (χ2n) is 6.83. The third-order valence-electron chi connectivity index (χ3n) is 4.24. The van der Waals surface area contributed by atoms with Gasteiger partial charge in [-0.2, -0.15) is 0 Å². The molecule has 114 valence electrons. The molecule has 0 spiro atoms. The molecule has 0 aliphatic carbocycles. The van der Waals surface area contributed by atoms with Gasteiger partial charge in [-0.05, 0) is 44.5 Å². The molecule has 2 rings (SSSR count). The first-order chi connectivity index (χ1) is 9.97. The van der Waals surface area contributed by atoms with Crippen LogP contribution in [0.25, 0.3) is 6.08 Å². The third-order valence-corrected chi connectivity index (χ3v) is 4.24.